The number of esters is 1. The van der Waals surface area contributed by atoms with Crippen molar-refractivity contribution in [2.75, 3.05) is 13.1 Å². The minimum absolute atomic E-state index is 0. The predicted octanol–water partition coefficient (Wildman–Crippen LogP) is 3.44. The van der Waals surface area contributed by atoms with Crippen molar-refractivity contribution in [2.24, 2.45) is 5.41 Å². The highest BCUT2D eigenvalue weighted by Crippen LogP contribution is 2.27. The van der Waals surface area contributed by atoms with E-state index in [1.54, 1.807) is 0 Å². The topological polar surface area (TPSA) is 29.5 Å². The van der Waals surface area contributed by atoms with Gasteiger partial charge in [-0.15, -0.1) is 12.4 Å². The van der Waals surface area contributed by atoms with Crippen molar-refractivity contribution in [3.8, 4) is 0 Å². The van der Waals surface area contributed by atoms with Crippen molar-refractivity contribution >= 4 is 18.4 Å². The van der Waals surface area contributed by atoms with Crippen LogP contribution in [-0.4, -0.2) is 30.1 Å². The molecule has 0 radical (unpaired) electrons. The smallest absolute Gasteiger partial charge is 0.311 e. The third kappa shape index (κ3) is 3.97. The molecule has 1 aliphatic rings. The molecule has 3 nitrogen and oxygen atoms in total. The average molecular weight is 298 g/mol. The summed E-state index contributed by atoms with van der Waals surface area (Å²) < 4.78 is 5.49. The van der Waals surface area contributed by atoms with E-state index in [-0.39, 0.29) is 24.5 Å². The predicted molar refractivity (Wildman–Crippen MR) is 83.0 cm³/mol. The summed E-state index contributed by atoms with van der Waals surface area (Å²) in [5, 5.41) is 0. The fraction of sp³-hybridized carbons (Fsp3) is 0.562. The molecule has 0 bridgehead atoms. The van der Waals surface area contributed by atoms with Gasteiger partial charge in [0.15, 0.2) is 0 Å². The summed E-state index contributed by atoms with van der Waals surface area (Å²) in [5.41, 5.74) is 0.897. The molecule has 112 valence electrons. The number of hydrogen-bond donors (Lipinski definition) is 0. The monoisotopic (exact) mass is 297 g/mol. The Hall–Kier alpha value is -1.06. The van der Waals surface area contributed by atoms with E-state index < -0.39 is 5.41 Å². The van der Waals surface area contributed by atoms with Crippen molar-refractivity contribution in [1.29, 1.82) is 0 Å². The highest BCUT2D eigenvalue weighted by Gasteiger charge is 2.35. The molecular formula is C16H24ClNO2. The van der Waals surface area contributed by atoms with Crippen LogP contribution in [0.3, 0.4) is 0 Å². The Bertz CT molecular complexity index is 436. The zero-order valence-electron chi connectivity index (χ0n) is 12.6. The summed E-state index contributed by atoms with van der Waals surface area (Å²) in [4.78, 5) is 14.1. The number of nitrogens with zero attached hydrogens (tertiary/aromatic N) is 1. The van der Waals surface area contributed by atoms with Gasteiger partial charge in [0.1, 0.15) is 6.10 Å². The van der Waals surface area contributed by atoms with Crippen LogP contribution in [0.4, 0.5) is 0 Å². The first-order valence-corrected chi connectivity index (χ1v) is 6.88. The van der Waals surface area contributed by atoms with Crippen LogP contribution >= 0.6 is 12.4 Å². The summed E-state index contributed by atoms with van der Waals surface area (Å²) >= 11 is 0. The molecule has 2 rings (SSSR count). The summed E-state index contributed by atoms with van der Waals surface area (Å²) in [6.45, 7) is 9.52. The number of rotatable bonds is 3. The van der Waals surface area contributed by atoms with E-state index in [1.807, 2.05) is 26.8 Å². The number of carbonyl (C=O) groups excluding carboxylic acids is 1. The van der Waals surface area contributed by atoms with E-state index >= 15 is 0 Å². The summed E-state index contributed by atoms with van der Waals surface area (Å²) in [5.74, 6) is -0.107. The zero-order valence-corrected chi connectivity index (χ0v) is 13.4. The van der Waals surface area contributed by atoms with E-state index in [4.69, 9.17) is 4.74 Å². The van der Waals surface area contributed by atoms with Gasteiger partial charge in [0, 0.05) is 19.1 Å². The second-order valence-corrected chi connectivity index (χ2v) is 6.32. The van der Waals surface area contributed by atoms with E-state index in [0.29, 0.717) is 6.04 Å². The Morgan fingerprint density at radius 3 is 2.30 bits per heavy atom. The molecule has 1 aliphatic heterocycles. The lowest BCUT2D eigenvalue weighted by Crippen LogP contribution is -2.54. The number of hydrogen-bond acceptors (Lipinski definition) is 3. The van der Waals surface area contributed by atoms with Crippen molar-refractivity contribution in [1.82, 2.24) is 4.90 Å². The van der Waals surface area contributed by atoms with Gasteiger partial charge in [0.25, 0.3) is 0 Å². The Labute approximate surface area is 127 Å². The fourth-order valence-electron chi connectivity index (χ4n) is 2.13. The number of benzene rings is 1. The minimum Gasteiger partial charge on any atom is -0.459 e. The lowest BCUT2D eigenvalue weighted by molar-refractivity contribution is -0.168. The quantitative estimate of drug-likeness (QED) is 0.801. The Morgan fingerprint density at radius 1 is 1.25 bits per heavy atom. The van der Waals surface area contributed by atoms with Gasteiger partial charge in [-0.2, -0.15) is 0 Å². The molecule has 0 spiro atoms. The number of ether oxygens (including phenoxy) is 1. The molecule has 0 N–H and O–H groups in total. The second-order valence-electron chi connectivity index (χ2n) is 6.32. The SMILES string of the molecule is C[C@H](c1ccccc1)N1CC(OC(=O)C(C)(C)C)C1.Cl. The van der Waals surface area contributed by atoms with Crippen molar-refractivity contribution in [3.63, 3.8) is 0 Å². The first-order valence-electron chi connectivity index (χ1n) is 6.88. The molecule has 0 saturated carbocycles. The first-order chi connectivity index (χ1) is 8.88. The molecular weight excluding hydrogens is 274 g/mol. The third-order valence-corrected chi connectivity index (χ3v) is 3.59. The molecule has 0 amide bonds. The maximum absolute atomic E-state index is 11.8. The Morgan fingerprint density at radius 2 is 1.80 bits per heavy atom. The van der Waals surface area contributed by atoms with Crippen LogP contribution in [0.5, 0.6) is 0 Å². The van der Waals surface area contributed by atoms with Gasteiger partial charge in [-0.05, 0) is 33.3 Å². The van der Waals surface area contributed by atoms with Crippen molar-refractivity contribution in [3.05, 3.63) is 35.9 Å². The molecule has 1 atom stereocenters. The maximum atomic E-state index is 11.8. The van der Waals surface area contributed by atoms with Crippen LogP contribution in [0.2, 0.25) is 0 Å². The van der Waals surface area contributed by atoms with Crippen LogP contribution in [0.15, 0.2) is 30.3 Å². The minimum atomic E-state index is -0.411. The standard InChI is InChI=1S/C16H23NO2.ClH/c1-12(13-8-6-5-7-9-13)17-10-14(11-17)19-15(18)16(2,3)4;/h5-9,12,14H,10-11H2,1-4H3;1H/t12-;/m1./s1. The highest BCUT2D eigenvalue weighted by molar-refractivity contribution is 5.85. The normalized spacial score (nSPS) is 17.8. The van der Waals surface area contributed by atoms with Crippen LogP contribution in [0.1, 0.15) is 39.3 Å². The summed E-state index contributed by atoms with van der Waals surface area (Å²) in [7, 11) is 0. The van der Waals surface area contributed by atoms with Gasteiger partial charge in [-0.1, -0.05) is 30.3 Å². The molecule has 0 aromatic heterocycles. The molecule has 1 heterocycles. The van der Waals surface area contributed by atoms with Crippen molar-refractivity contribution < 1.29 is 9.53 Å². The molecule has 1 fully saturated rings. The number of carbonyl (C=O) groups is 1. The van der Waals surface area contributed by atoms with Crippen LogP contribution in [-0.2, 0) is 9.53 Å². The Kier molecular flexibility index (Phi) is 5.60. The maximum Gasteiger partial charge on any atom is 0.311 e. The Balaban J connectivity index is 0.00000200. The summed E-state index contributed by atoms with van der Waals surface area (Å²) in [6.07, 6.45) is 0.0536. The molecule has 1 aromatic carbocycles. The molecule has 4 heteroatoms. The van der Waals surface area contributed by atoms with E-state index in [1.165, 1.54) is 5.56 Å². The molecule has 0 aliphatic carbocycles. The van der Waals surface area contributed by atoms with Gasteiger partial charge in [-0.3, -0.25) is 9.69 Å². The lowest BCUT2D eigenvalue weighted by Gasteiger charge is -2.43. The van der Waals surface area contributed by atoms with Crippen molar-refractivity contribution in [2.45, 2.75) is 39.8 Å². The van der Waals surface area contributed by atoms with Crippen LogP contribution in [0, 0.1) is 5.41 Å². The third-order valence-electron chi connectivity index (χ3n) is 3.59. The average Bonchev–Trinajstić information content (AvgIpc) is 2.32. The van der Waals surface area contributed by atoms with Gasteiger partial charge < -0.3 is 4.74 Å². The van der Waals surface area contributed by atoms with Gasteiger partial charge in [0.05, 0.1) is 5.41 Å². The molecule has 20 heavy (non-hydrogen) atoms. The second kappa shape index (κ2) is 6.59. The van der Waals surface area contributed by atoms with E-state index in [0.717, 1.165) is 13.1 Å². The first kappa shape index (κ1) is 17.0. The largest absolute Gasteiger partial charge is 0.459 e. The van der Waals surface area contributed by atoms with Crippen LogP contribution < -0.4 is 0 Å². The fourth-order valence-corrected chi connectivity index (χ4v) is 2.13. The van der Waals surface area contributed by atoms with Gasteiger partial charge in [-0.25, -0.2) is 0 Å². The molecule has 1 aromatic rings. The number of halogens is 1. The van der Waals surface area contributed by atoms with E-state index in [9.17, 15) is 4.79 Å². The molecule has 0 unspecified atom stereocenters. The van der Waals surface area contributed by atoms with Gasteiger partial charge >= 0.3 is 5.97 Å². The zero-order chi connectivity index (χ0) is 14.0. The molecule has 1 saturated heterocycles. The van der Waals surface area contributed by atoms with Crippen LogP contribution in [0.25, 0.3) is 0 Å². The number of likely N-dealkylation sites (tertiary alicyclic amines) is 1. The van der Waals surface area contributed by atoms with Gasteiger partial charge in [0.2, 0.25) is 0 Å². The summed E-state index contributed by atoms with van der Waals surface area (Å²) in [6, 6.07) is 10.8. The lowest BCUT2D eigenvalue weighted by atomic mass is 9.96. The van der Waals surface area contributed by atoms with E-state index in [2.05, 4.69) is 36.1 Å². The highest BCUT2D eigenvalue weighted by atomic mass is 35.5.